The third kappa shape index (κ3) is 3.63. The number of hydrogen-bond acceptors (Lipinski definition) is 5. The molecule has 1 aromatic rings. The molecule has 1 saturated carbocycles. The number of fused-ring (bicyclic) bond motifs is 1. The predicted molar refractivity (Wildman–Crippen MR) is 104 cm³/mol. The minimum absolute atomic E-state index is 0.119. The van der Waals surface area contributed by atoms with Crippen molar-refractivity contribution in [1.82, 2.24) is 15.5 Å². The third-order valence-corrected chi connectivity index (χ3v) is 6.30. The first kappa shape index (κ1) is 19.5. The highest BCUT2D eigenvalue weighted by Crippen LogP contribution is 2.36. The van der Waals surface area contributed by atoms with Crippen molar-refractivity contribution in [3.8, 4) is 11.5 Å². The highest BCUT2D eigenvalue weighted by atomic mass is 16.7. The summed E-state index contributed by atoms with van der Waals surface area (Å²) >= 11 is 0. The van der Waals surface area contributed by atoms with Crippen LogP contribution in [0.2, 0.25) is 0 Å². The first-order valence-electron chi connectivity index (χ1n) is 10.2. The fraction of sp³-hybridized carbons (Fsp3) is 0.571. The first-order valence-corrected chi connectivity index (χ1v) is 10.2. The van der Waals surface area contributed by atoms with E-state index in [1.807, 2.05) is 19.1 Å². The van der Waals surface area contributed by atoms with E-state index in [-0.39, 0.29) is 37.1 Å². The molecule has 2 atom stereocenters. The van der Waals surface area contributed by atoms with Crippen LogP contribution in [0.1, 0.15) is 57.6 Å². The van der Waals surface area contributed by atoms with E-state index in [9.17, 15) is 14.4 Å². The Kier molecular flexibility index (Phi) is 5.10. The summed E-state index contributed by atoms with van der Waals surface area (Å²) in [6.45, 7) is 3.52. The second-order valence-corrected chi connectivity index (χ2v) is 8.26. The minimum Gasteiger partial charge on any atom is -0.454 e. The van der Waals surface area contributed by atoms with Crippen LogP contribution in [0.25, 0.3) is 0 Å². The van der Waals surface area contributed by atoms with E-state index in [1.54, 1.807) is 13.0 Å². The number of amides is 4. The van der Waals surface area contributed by atoms with Crippen molar-refractivity contribution in [3.63, 3.8) is 0 Å². The molecule has 4 rings (SSSR count). The highest BCUT2D eigenvalue weighted by Gasteiger charge is 2.52. The lowest BCUT2D eigenvalue weighted by Gasteiger charge is -2.34. The number of carbonyl (C=O) groups excluding carboxylic acids is 3. The summed E-state index contributed by atoms with van der Waals surface area (Å²) in [4.78, 5) is 39.0. The van der Waals surface area contributed by atoms with Gasteiger partial charge < -0.3 is 20.1 Å². The second kappa shape index (κ2) is 7.57. The molecule has 1 saturated heterocycles. The summed E-state index contributed by atoms with van der Waals surface area (Å²) in [5.41, 5.74) is -0.0624. The molecule has 8 heteroatoms. The Hall–Kier alpha value is -2.77. The Morgan fingerprint density at radius 1 is 1.24 bits per heavy atom. The van der Waals surface area contributed by atoms with Crippen LogP contribution in [-0.4, -0.2) is 41.6 Å². The summed E-state index contributed by atoms with van der Waals surface area (Å²) in [7, 11) is 0. The van der Waals surface area contributed by atoms with Crippen LogP contribution in [0, 0.1) is 5.92 Å². The van der Waals surface area contributed by atoms with Gasteiger partial charge in [0.15, 0.2) is 11.5 Å². The van der Waals surface area contributed by atoms with Gasteiger partial charge in [-0.2, -0.15) is 0 Å². The Balaban J connectivity index is 1.39. The molecule has 8 nitrogen and oxygen atoms in total. The Labute approximate surface area is 169 Å². The van der Waals surface area contributed by atoms with Crippen LogP contribution in [-0.2, 0) is 9.59 Å². The van der Waals surface area contributed by atoms with Gasteiger partial charge in [-0.1, -0.05) is 25.3 Å². The number of nitrogens with zero attached hydrogens (tertiary/aromatic N) is 1. The number of imide groups is 1. The van der Waals surface area contributed by atoms with E-state index in [0.717, 1.165) is 36.1 Å². The summed E-state index contributed by atoms with van der Waals surface area (Å²) < 4.78 is 10.7. The molecule has 0 spiro atoms. The monoisotopic (exact) mass is 401 g/mol. The maximum atomic E-state index is 13.0. The van der Waals surface area contributed by atoms with E-state index in [0.29, 0.717) is 11.5 Å². The topological polar surface area (TPSA) is 97.0 Å². The zero-order valence-electron chi connectivity index (χ0n) is 16.8. The van der Waals surface area contributed by atoms with Gasteiger partial charge in [-0.05, 0) is 50.3 Å². The van der Waals surface area contributed by atoms with Crippen molar-refractivity contribution in [1.29, 1.82) is 0 Å². The van der Waals surface area contributed by atoms with Gasteiger partial charge in [0.2, 0.25) is 12.7 Å². The number of urea groups is 1. The van der Waals surface area contributed by atoms with E-state index < -0.39 is 11.6 Å². The van der Waals surface area contributed by atoms with Crippen LogP contribution >= 0.6 is 0 Å². The summed E-state index contributed by atoms with van der Waals surface area (Å²) in [5.74, 6) is 0.745. The molecule has 2 aliphatic heterocycles. The predicted octanol–water partition coefficient (Wildman–Crippen LogP) is 2.48. The van der Waals surface area contributed by atoms with E-state index >= 15 is 0 Å². The SMILES string of the molecule is C[C@H](NC(=O)CN1C(=O)N[C@@](C)(C2CCCCC2)C1=O)c1ccc2c(c1)OCO2. The lowest BCUT2D eigenvalue weighted by molar-refractivity contribution is -0.136. The Morgan fingerprint density at radius 3 is 2.72 bits per heavy atom. The van der Waals surface area contributed by atoms with Gasteiger partial charge in [0.25, 0.3) is 5.91 Å². The standard InChI is InChI=1S/C21H27N3O5/c1-13(14-8-9-16-17(10-14)29-12-28-16)22-18(25)11-24-19(26)21(2,23-20(24)27)15-6-4-3-5-7-15/h8-10,13,15H,3-7,11-12H2,1-2H3,(H,22,25)(H,23,27)/t13-,21-/m0/s1. The van der Waals surface area contributed by atoms with Gasteiger partial charge in [-0.25, -0.2) is 4.79 Å². The average molecular weight is 401 g/mol. The molecular formula is C21H27N3O5. The van der Waals surface area contributed by atoms with Crippen molar-refractivity contribution in [3.05, 3.63) is 23.8 Å². The van der Waals surface area contributed by atoms with Crippen LogP contribution in [0.5, 0.6) is 11.5 Å². The molecule has 0 bridgehead atoms. The van der Waals surface area contributed by atoms with Crippen LogP contribution in [0.15, 0.2) is 18.2 Å². The van der Waals surface area contributed by atoms with Crippen molar-refractivity contribution in [2.45, 2.75) is 57.5 Å². The van der Waals surface area contributed by atoms with Gasteiger partial charge in [0.1, 0.15) is 12.1 Å². The van der Waals surface area contributed by atoms with Crippen LogP contribution < -0.4 is 20.1 Å². The van der Waals surface area contributed by atoms with Gasteiger partial charge in [-0.15, -0.1) is 0 Å². The van der Waals surface area contributed by atoms with Crippen molar-refractivity contribution in [2.75, 3.05) is 13.3 Å². The van der Waals surface area contributed by atoms with Gasteiger partial charge in [-0.3, -0.25) is 14.5 Å². The lowest BCUT2D eigenvalue weighted by atomic mass is 9.75. The molecular weight excluding hydrogens is 374 g/mol. The number of rotatable bonds is 5. The smallest absolute Gasteiger partial charge is 0.325 e. The average Bonchev–Trinajstić information content (AvgIpc) is 3.27. The zero-order valence-corrected chi connectivity index (χ0v) is 16.8. The molecule has 2 N–H and O–H groups in total. The molecule has 1 aliphatic carbocycles. The highest BCUT2D eigenvalue weighted by molar-refractivity contribution is 6.09. The molecule has 2 heterocycles. The molecule has 29 heavy (non-hydrogen) atoms. The van der Waals surface area contributed by atoms with Crippen LogP contribution in [0.3, 0.4) is 0 Å². The molecule has 1 aromatic carbocycles. The largest absolute Gasteiger partial charge is 0.454 e. The number of nitrogens with one attached hydrogen (secondary N) is 2. The summed E-state index contributed by atoms with van der Waals surface area (Å²) in [6.07, 6.45) is 5.14. The molecule has 0 unspecified atom stereocenters. The lowest BCUT2D eigenvalue weighted by Crippen LogP contribution is -2.51. The molecule has 0 aromatic heterocycles. The number of hydrogen-bond donors (Lipinski definition) is 2. The van der Waals surface area contributed by atoms with E-state index in [1.165, 1.54) is 6.42 Å². The number of ether oxygens (including phenoxy) is 2. The minimum atomic E-state index is -0.916. The Bertz CT molecular complexity index is 836. The van der Waals surface area contributed by atoms with Crippen molar-refractivity contribution in [2.24, 2.45) is 5.92 Å². The summed E-state index contributed by atoms with van der Waals surface area (Å²) in [5, 5.41) is 5.70. The normalized spacial score (nSPS) is 25.1. The van der Waals surface area contributed by atoms with E-state index in [2.05, 4.69) is 10.6 Å². The fourth-order valence-electron chi connectivity index (χ4n) is 4.51. The molecule has 0 radical (unpaired) electrons. The fourth-order valence-corrected chi connectivity index (χ4v) is 4.51. The van der Waals surface area contributed by atoms with E-state index in [4.69, 9.17) is 9.47 Å². The second-order valence-electron chi connectivity index (χ2n) is 8.26. The van der Waals surface area contributed by atoms with Crippen molar-refractivity contribution >= 4 is 17.8 Å². The Morgan fingerprint density at radius 2 is 1.97 bits per heavy atom. The molecule has 3 aliphatic rings. The summed E-state index contributed by atoms with van der Waals surface area (Å²) in [6, 6.07) is 4.68. The van der Waals surface area contributed by atoms with Gasteiger partial charge in [0, 0.05) is 0 Å². The molecule has 4 amide bonds. The maximum Gasteiger partial charge on any atom is 0.325 e. The van der Waals surface area contributed by atoms with Crippen LogP contribution in [0.4, 0.5) is 4.79 Å². The quantitative estimate of drug-likeness (QED) is 0.739. The third-order valence-electron chi connectivity index (χ3n) is 6.30. The molecule has 156 valence electrons. The molecule has 2 fully saturated rings. The first-order chi connectivity index (χ1) is 13.9. The van der Waals surface area contributed by atoms with Gasteiger partial charge in [0.05, 0.1) is 6.04 Å². The number of carbonyl (C=O) groups is 3. The number of benzene rings is 1. The maximum absolute atomic E-state index is 13.0. The zero-order chi connectivity index (χ0) is 20.6. The van der Waals surface area contributed by atoms with Crippen molar-refractivity contribution < 1.29 is 23.9 Å². The van der Waals surface area contributed by atoms with Gasteiger partial charge >= 0.3 is 6.03 Å².